The third kappa shape index (κ3) is 2.67. The van der Waals surface area contributed by atoms with Crippen LogP contribution in [0.2, 0.25) is 0 Å². The lowest BCUT2D eigenvalue weighted by Gasteiger charge is -2.43. The van der Waals surface area contributed by atoms with Crippen LogP contribution in [0.3, 0.4) is 0 Å². The lowest BCUT2D eigenvalue weighted by atomic mass is 9.71. The summed E-state index contributed by atoms with van der Waals surface area (Å²) in [7, 11) is 0. The number of carboxylic acids is 1. The molecule has 1 fully saturated rings. The molecular formula is C15H21ClINO4. The summed E-state index contributed by atoms with van der Waals surface area (Å²) >= 11 is 7.77. The van der Waals surface area contributed by atoms with Gasteiger partial charge in [0.15, 0.2) is 5.54 Å². The number of allylic oxidation sites excluding steroid dienone is 1. The summed E-state index contributed by atoms with van der Waals surface area (Å²) in [6, 6.07) is 0. The van der Waals surface area contributed by atoms with Crippen molar-refractivity contribution in [3.63, 3.8) is 0 Å². The Morgan fingerprint density at radius 1 is 1.64 bits per heavy atom. The molecule has 1 heterocycles. The zero-order valence-electron chi connectivity index (χ0n) is 12.4. The molecule has 3 N–H and O–H groups in total. The van der Waals surface area contributed by atoms with Crippen LogP contribution in [0.5, 0.6) is 0 Å². The van der Waals surface area contributed by atoms with Gasteiger partial charge in [-0.2, -0.15) is 0 Å². The zero-order valence-corrected chi connectivity index (χ0v) is 15.3. The zero-order chi connectivity index (χ0) is 16.5. The number of carbonyl (C=O) groups is 2. The van der Waals surface area contributed by atoms with E-state index in [0.29, 0.717) is 6.42 Å². The van der Waals surface area contributed by atoms with Crippen molar-refractivity contribution < 1.29 is 19.8 Å². The second-order valence-electron chi connectivity index (χ2n) is 6.18. The molecule has 1 aliphatic heterocycles. The van der Waals surface area contributed by atoms with Crippen LogP contribution >= 0.6 is 34.2 Å². The molecule has 124 valence electrons. The van der Waals surface area contributed by atoms with Crippen molar-refractivity contribution in [2.75, 3.05) is 5.88 Å². The predicted molar refractivity (Wildman–Crippen MR) is 92.2 cm³/mol. The van der Waals surface area contributed by atoms with E-state index >= 15 is 0 Å². The number of halogens is 2. The summed E-state index contributed by atoms with van der Waals surface area (Å²) in [5.74, 6) is -2.08. The van der Waals surface area contributed by atoms with Crippen molar-refractivity contribution >= 4 is 46.1 Å². The molecular weight excluding hydrogens is 421 g/mol. The van der Waals surface area contributed by atoms with E-state index < -0.39 is 27.0 Å². The number of aliphatic hydroxyl groups excluding tert-OH is 1. The lowest BCUT2D eigenvalue weighted by Crippen LogP contribution is -2.68. The topological polar surface area (TPSA) is 86.6 Å². The molecule has 1 amide bonds. The van der Waals surface area contributed by atoms with Gasteiger partial charge in [-0.25, -0.2) is 4.79 Å². The molecule has 0 bridgehead atoms. The summed E-state index contributed by atoms with van der Waals surface area (Å²) in [6.45, 7) is 1.71. The number of aliphatic hydroxyl groups is 1. The van der Waals surface area contributed by atoms with Crippen LogP contribution in [0.1, 0.15) is 32.6 Å². The van der Waals surface area contributed by atoms with E-state index in [1.54, 1.807) is 6.92 Å². The fourth-order valence-electron chi connectivity index (χ4n) is 3.61. The lowest BCUT2D eigenvalue weighted by molar-refractivity contribution is -0.153. The number of hydrogen-bond donors (Lipinski definition) is 3. The number of carboxylic acid groups (broad SMARTS) is 1. The number of carbonyl (C=O) groups excluding carboxylic acids is 1. The summed E-state index contributed by atoms with van der Waals surface area (Å²) in [5, 5.41) is 23.3. The molecule has 5 nitrogen and oxygen atoms in total. The van der Waals surface area contributed by atoms with Gasteiger partial charge in [-0.3, -0.25) is 4.79 Å². The minimum atomic E-state index is -1.70. The third-order valence-electron chi connectivity index (χ3n) is 4.94. The van der Waals surface area contributed by atoms with Crippen molar-refractivity contribution in [3.8, 4) is 0 Å². The third-order valence-corrected chi connectivity index (χ3v) is 6.76. The first-order chi connectivity index (χ1) is 10.3. The average molecular weight is 442 g/mol. The van der Waals surface area contributed by atoms with E-state index in [9.17, 15) is 19.8 Å². The molecule has 1 aliphatic carbocycles. The second-order valence-corrected chi connectivity index (χ2v) is 8.79. The second kappa shape index (κ2) is 6.65. The smallest absolute Gasteiger partial charge is 0.333 e. The Balaban J connectivity index is 2.44. The normalized spacial score (nSPS) is 39.5. The van der Waals surface area contributed by atoms with E-state index in [0.717, 1.165) is 19.3 Å². The van der Waals surface area contributed by atoms with Gasteiger partial charge in [0.1, 0.15) is 0 Å². The quantitative estimate of drug-likeness (QED) is 0.346. The Bertz CT molecular complexity index is 496. The highest BCUT2D eigenvalue weighted by molar-refractivity contribution is 14.1. The minimum absolute atomic E-state index is 0.269. The SMILES string of the molecule is C[C@@]1(I)[C@H](CCCl)C(=O)N[C@@]1(C(=O)O)C(O)C1C=CCCC1. The van der Waals surface area contributed by atoms with E-state index in [2.05, 4.69) is 5.32 Å². The Hall–Kier alpha value is -0.340. The summed E-state index contributed by atoms with van der Waals surface area (Å²) < 4.78 is -0.965. The average Bonchev–Trinajstić information content (AvgIpc) is 2.68. The van der Waals surface area contributed by atoms with Gasteiger partial charge >= 0.3 is 5.97 Å². The molecule has 0 aromatic carbocycles. The van der Waals surface area contributed by atoms with E-state index in [4.69, 9.17) is 11.6 Å². The summed E-state index contributed by atoms with van der Waals surface area (Å²) in [4.78, 5) is 24.4. The molecule has 2 unspecified atom stereocenters. The van der Waals surface area contributed by atoms with Crippen LogP contribution in [0.25, 0.3) is 0 Å². The van der Waals surface area contributed by atoms with Crippen molar-refractivity contribution in [1.29, 1.82) is 0 Å². The largest absolute Gasteiger partial charge is 0.479 e. The summed E-state index contributed by atoms with van der Waals surface area (Å²) in [5.41, 5.74) is -1.70. The van der Waals surface area contributed by atoms with Crippen molar-refractivity contribution in [2.45, 2.75) is 47.7 Å². The van der Waals surface area contributed by atoms with Crippen LogP contribution in [-0.4, -0.2) is 43.0 Å². The number of nitrogens with one attached hydrogen (secondary N) is 1. The van der Waals surface area contributed by atoms with Gasteiger partial charge in [0.05, 0.1) is 15.4 Å². The van der Waals surface area contributed by atoms with E-state index in [-0.39, 0.29) is 17.7 Å². The highest BCUT2D eigenvalue weighted by atomic mass is 127. The fraction of sp³-hybridized carbons (Fsp3) is 0.733. The Labute approximate surface area is 148 Å². The van der Waals surface area contributed by atoms with Crippen LogP contribution in [0.4, 0.5) is 0 Å². The van der Waals surface area contributed by atoms with Crippen LogP contribution in [-0.2, 0) is 9.59 Å². The van der Waals surface area contributed by atoms with Crippen molar-refractivity contribution in [3.05, 3.63) is 12.2 Å². The Morgan fingerprint density at radius 2 is 2.32 bits per heavy atom. The highest BCUT2D eigenvalue weighted by Gasteiger charge is 2.68. The maximum absolute atomic E-state index is 12.3. The van der Waals surface area contributed by atoms with E-state index in [1.165, 1.54) is 0 Å². The van der Waals surface area contributed by atoms with Gasteiger partial charge in [0.2, 0.25) is 5.91 Å². The van der Waals surface area contributed by atoms with Gasteiger partial charge in [-0.1, -0.05) is 34.7 Å². The van der Waals surface area contributed by atoms with Crippen LogP contribution in [0.15, 0.2) is 12.2 Å². The van der Waals surface area contributed by atoms with Crippen LogP contribution < -0.4 is 5.32 Å². The van der Waals surface area contributed by atoms with Gasteiger partial charge in [0.25, 0.3) is 0 Å². The van der Waals surface area contributed by atoms with Crippen molar-refractivity contribution in [2.24, 2.45) is 11.8 Å². The highest BCUT2D eigenvalue weighted by Crippen LogP contribution is 2.49. The molecule has 5 atom stereocenters. The molecule has 0 aromatic heterocycles. The van der Waals surface area contributed by atoms with Gasteiger partial charge in [-0.15, -0.1) is 11.6 Å². The molecule has 0 radical (unpaired) electrons. The first kappa shape index (κ1) is 18.0. The number of alkyl halides is 2. The van der Waals surface area contributed by atoms with Gasteiger partial charge in [-0.05, 0) is 32.6 Å². The molecule has 0 aromatic rings. The standard InChI is InChI=1S/C15H21ClINO4/c1-14(17)10(7-8-16)12(20)18-15(14,13(21)22)11(19)9-5-3-2-4-6-9/h3,5,9-11,19H,2,4,6-8H2,1H3,(H,18,20)(H,21,22)/t9?,10-,11?,14-,15-/m1/s1. The molecule has 7 heteroatoms. The fourth-order valence-corrected chi connectivity index (χ4v) is 5.11. The Kier molecular flexibility index (Phi) is 5.44. The Morgan fingerprint density at radius 3 is 2.82 bits per heavy atom. The predicted octanol–water partition coefficient (Wildman–Crippen LogP) is 2.10. The summed E-state index contributed by atoms with van der Waals surface area (Å²) in [6.07, 6.45) is 5.60. The number of aliphatic carboxylic acids is 1. The maximum Gasteiger partial charge on any atom is 0.333 e. The first-order valence-electron chi connectivity index (χ1n) is 7.44. The first-order valence-corrected chi connectivity index (χ1v) is 9.05. The monoisotopic (exact) mass is 441 g/mol. The molecule has 2 aliphatic rings. The minimum Gasteiger partial charge on any atom is -0.479 e. The number of hydrogen-bond acceptors (Lipinski definition) is 3. The molecule has 2 rings (SSSR count). The molecule has 0 spiro atoms. The van der Waals surface area contributed by atoms with Gasteiger partial charge < -0.3 is 15.5 Å². The van der Waals surface area contributed by atoms with E-state index in [1.807, 2.05) is 34.7 Å². The molecule has 22 heavy (non-hydrogen) atoms. The maximum atomic E-state index is 12.3. The van der Waals surface area contributed by atoms with Crippen LogP contribution in [0, 0.1) is 11.8 Å². The molecule has 1 saturated heterocycles. The number of amides is 1. The molecule has 0 saturated carbocycles. The number of rotatable bonds is 5. The van der Waals surface area contributed by atoms with Crippen molar-refractivity contribution in [1.82, 2.24) is 5.32 Å². The van der Waals surface area contributed by atoms with Gasteiger partial charge in [0, 0.05) is 11.8 Å².